The van der Waals surface area contributed by atoms with Crippen LogP contribution in [0.2, 0.25) is 0 Å². The Hall–Kier alpha value is -1.43. The summed E-state index contributed by atoms with van der Waals surface area (Å²) in [6.45, 7) is 0.0934. The number of nitrogens with one attached hydrogen (secondary N) is 1. The number of carbonyl (C=O) groups is 3. The summed E-state index contributed by atoms with van der Waals surface area (Å²) in [7, 11) is 1.32. The smallest absolute Gasteiger partial charge is 0.323 e. The molecule has 0 bridgehead atoms. The van der Waals surface area contributed by atoms with Crippen LogP contribution in [0.5, 0.6) is 0 Å². The van der Waals surface area contributed by atoms with Crippen molar-refractivity contribution in [3.05, 3.63) is 0 Å². The summed E-state index contributed by atoms with van der Waals surface area (Å²) in [6, 6.07) is -0.825. The Morgan fingerprint density at radius 3 is 2.88 bits per heavy atom. The van der Waals surface area contributed by atoms with Crippen molar-refractivity contribution in [2.24, 2.45) is 0 Å². The van der Waals surface area contributed by atoms with E-state index in [1.54, 1.807) is 4.90 Å². The van der Waals surface area contributed by atoms with Crippen molar-refractivity contribution in [2.45, 2.75) is 31.3 Å². The van der Waals surface area contributed by atoms with E-state index in [1.165, 1.54) is 7.11 Å². The molecule has 0 aromatic carbocycles. The highest BCUT2D eigenvalue weighted by Crippen LogP contribution is 2.25. The number of piperidine rings is 1. The standard InChI is InChI=1S/C10H14N2O4/c1-16-10(15)7-4-2-3-6-9(14)11-8(13)5-12(6)7/h6-7H,2-5H2,1H3,(H,11,13,14). The largest absolute Gasteiger partial charge is 0.468 e. The molecular weight excluding hydrogens is 212 g/mol. The zero-order chi connectivity index (χ0) is 11.7. The number of amides is 2. The molecule has 0 aromatic heterocycles. The molecule has 0 aromatic rings. The molecule has 16 heavy (non-hydrogen) atoms. The van der Waals surface area contributed by atoms with Crippen LogP contribution < -0.4 is 5.32 Å². The van der Waals surface area contributed by atoms with Crippen LogP contribution in [0, 0.1) is 0 Å². The molecule has 2 aliphatic heterocycles. The number of carbonyl (C=O) groups excluding carboxylic acids is 3. The summed E-state index contributed by atoms with van der Waals surface area (Å²) in [4.78, 5) is 36.0. The van der Waals surface area contributed by atoms with E-state index in [1.807, 2.05) is 0 Å². The maximum atomic E-state index is 11.6. The van der Waals surface area contributed by atoms with Gasteiger partial charge in [0, 0.05) is 0 Å². The molecule has 2 rings (SSSR count). The van der Waals surface area contributed by atoms with Gasteiger partial charge < -0.3 is 4.74 Å². The van der Waals surface area contributed by atoms with Crippen molar-refractivity contribution in [1.29, 1.82) is 0 Å². The Labute approximate surface area is 92.9 Å². The highest BCUT2D eigenvalue weighted by molar-refractivity contribution is 6.01. The SMILES string of the molecule is COC(=O)C1CCCC2C(=O)NC(=O)CN21. The number of rotatable bonds is 1. The van der Waals surface area contributed by atoms with Gasteiger partial charge in [-0.25, -0.2) is 0 Å². The summed E-state index contributed by atoms with van der Waals surface area (Å²) in [5, 5.41) is 2.28. The lowest BCUT2D eigenvalue weighted by Gasteiger charge is -2.41. The van der Waals surface area contributed by atoms with Crippen LogP contribution >= 0.6 is 0 Å². The number of piperazine rings is 1. The third kappa shape index (κ3) is 1.80. The van der Waals surface area contributed by atoms with Gasteiger partial charge in [0.2, 0.25) is 11.8 Å². The Balaban J connectivity index is 2.19. The van der Waals surface area contributed by atoms with E-state index >= 15 is 0 Å². The third-order valence-electron chi connectivity index (χ3n) is 3.12. The molecule has 2 fully saturated rings. The monoisotopic (exact) mass is 226 g/mol. The quantitative estimate of drug-likeness (QED) is 0.460. The van der Waals surface area contributed by atoms with Crippen LogP contribution in [0.1, 0.15) is 19.3 Å². The van der Waals surface area contributed by atoms with Gasteiger partial charge in [-0.05, 0) is 19.3 Å². The van der Waals surface area contributed by atoms with Gasteiger partial charge in [0.15, 0.2) is 0 Å². The molecule has 0 spiro atoms. The lowest BCUT2D eigenvalue weighted by Crippen LogP contribution is -2.64. The summed E-state index contributed by atoms with van der Waals surface area (Å²) < 4.78 is 4.69. The first kappa shape index (κ1) is 11.1. The normalized spacial score (nSPS) is 30.6. The predicted octanol–water partition coefficient (Wildman–Crippen LogP) is -0.961. The van der Waals surface area contributed by atoms with E-state index in [9.17, 15) is 14.4 Å². The third-order valence-corrected chi connectivity index (χ3v) is 3.12. The predicted molar refractivity (Wildman–Crippen MR) is 53.3 cm³/mol. The van der Waals surface area contributed by atoms with Crippen molar-refractivity contribution in [3.8, 4) is 0 Å². The van der Waals surface area contributed by atoms with Crippen molar-refractivity contribution in [3.63, 3.8) is 0 Å². The molecule has 0 aliphatic carbocycles. The fourth-order valence-electron chi connectivity index (χ4n) is 2.37. The molecular formula is C10H14N2O4. The summed E-state index contributed by atoms with van der Waals surface area (Å²) in [5.41, 5.74) is 0. The van der Waals surface area contributed by atoms with Crippen LogP contribution in [-0.2, 0) is 19.1 Å². The molecule has 2 saturated heterocycles. The van der Waals surface area contributed by atoms with Gasteiger partial charge >= 0.3 is 5.97 Å². The Kier molecular flexibility index (Phi) is 2.91. The minimum absolute atomic E-state index is 0.0934. The van der Waals surface area contributed by atoms with Gasteiger partial charge in [-0.3, -0.25) is 24.6 Å². The van der Waals surface area contributed by atoms with Gasteiger partial charge in [0.25, 0.3) is 0 Å². The molecule has 88 valence electrons. The van der Waals surface area contributed by atoms with Crippen LogP contribution in [0.25, 0.3) is 0 Å². The number of fused-ring (bicyclic) bond motifs is 1. The average molecular weight is 226 g/mol. The van der Waals surface area contributed by atoms with Crippen molar-refractivity contribution < 1.29 is 19.1 Å². The Morgan fingerprint density at radius 2 is 2.19 bits per heavy atom. The van der Waals surface area contributed by atoms with Crippen molar-refractivity contribution in [1.82, 2.24) is 10.2 Å². The average Bonchev–Trinajstić information content (AvgIpc) is 2.27. The fourth-order valence-corrected chi connectivity index (χ4v) is 2.37. The Morgan fingerprint density at radius 1 is 1.44 bits per heavy atom. The van der Waals surface area contributed by atoms with Gasteiger partial charge in [-0.15, -0.1) is 0 Å². The molecule has 2 heterocycles. The topological polar surface area (TPSA) is 75.7 Å². The maximum absolute atomic E-state index is 11.6. The first-order valence-corrected chi connectivity index (χ1v) is 5.30. The first-order valence-electron chi connectivity index (χ1n) is 5.30. The van der Waals surface area contributed by atoms with Gasteiger partial charge in [-0.2, -0.15) is 0 Å². The van der Waals surface area contributed by atoms with Gasteiger partial charge in [-0.1, -0.05) is 0 Å². The Bertz CT molecular complexity index is 342. The fraction of sp³-hybridized carbons (Fsp3) is 0.700. The number of esters is 1. The second-order valence-electron chi connectivity index (χ2n) is 4.07. The molecule has 0 saturated carbocycles. The van der Waals surface area contributed by atoms with Crippen LogP contribution in [0.4, 0.5) is 0 Å². The molecule has 1 N–H and O–H groups in total. The summed E-state index contributed by atoms with van der Waals surface area (Å²) in [6.07, 6.45) is 2.12. The van der Waals surface area contributed by atoms with Crippen molar-refractivity contribution in [2.75, 3.05) is 13.7 Å². The zero-order valence-corrected chi connectivity index (χ0v) is 9.06. The second-order valence-corrected chi connectivity index (χ2v) is 4.07. The van der Waals surface area contributed by atoms with Crippen molar-refractivity contribution >= 4 is 17.8 Å². The molecule has 0 radical (unpaired) electrons. The number of methoxy groups -OCH3 is 1. The number of hydrogen-bond donors (Lipinski definition) is 1. The molecule has 2 aliphatic rings. The van der Waals surface area contributed by atoms with Crippen LogP contribution in [-0.4, -0.2) is 48.4 Å². The molecule has 2 amide bonds. The molecule has 2 unspecified atom stereocenters. The number of ether oxygens (including phenoxy) is 1. The zero-order valence-electron chi connectivity index (χ0n) is 9.06. The summed E-state index contributed by atoms with van der Waals surface area (Å²) >= 11 is 0. The van der Waals surface area contributed by atoms with Gasteiger partial charge in [0.05, 0.1) is 19.7 Å². The number of imide groups is 1. The number of hydrogen-bond acceptors (Lipinski definition) is 5. The lowest BCUT2D eigenvalue weighted by atomic mass is 9.93. The minimum Gasteiger partial charge on any atom is -0.468 e. The van der Waals surface area contributed by atoms with Crippen LogP contribution in [0.3, 0.4) is 0 Å². The minimum atomic E-state index is -0.459. The number of nitrogens with zero attached hydrogens (tertiary/aromatic N) is 1. The lowest BCUT2D eigenvalue weighted by molar-refractivity contribution is -0.155. The van der Waals surface area contributed by atoms with E-state index < -0.39 is 6.04 Å². The van der Waals surface area contributed by atoms with E-state index in [0.29, 0.717) is 12.8 Å². The van der Waals surface area contributed by atoms with Gasteiger partial charge in [0.1, 0.15) is 6.04 Å². The van der Waals surface area contributed by atoms with Crippen LogP contribution in [0.15, 0.2) is 0 Å². The van der Waals surface area contributed by atoms with E-state index in [2.05, 4.69) is 10.1 Å². The van der Waals surface area contributed by atoms with E-state index in [4.69, 9.17) is 0 Å². The highest BCUT2D eigenvalue weighted by Gasteiger charge is 2.43. The first-order chi connectivity index (χ1) is 7.63. The molecule has 2 atom stereocenters. The molecule has 6 nitrogen and oxygen atoms in total. The molecule has 6 heteroatoms. The highest BCUT2D eigenvalue weighted by atomic mass is 16.5. The second kappa shape index (κ2) is 4.21. The van der Waals surface area contributed by atoms with E-state index in [-0.39, 0.29) is 30.4 Å². The van der Waals surface area contributed by atoms with E-state index in [0.717, 1.165) is 6.42 Å². The summed E-state index contributed by atoms with van der Waals surface area (Å²) in [5.74, 6) is -1.02. The maximum Gasteiger partial charge on any atom is 0.323 e.